The van der Waals surface area contributed by atoms with Crippen LogP contribution in [0.3, 0.4) is 0 Å². The van der Waals surface area contributed by atoms with Gasteiger partial charge in [-0.05, 0) is 68.7 Å². The minimum Gasteiger partial charge on any atom is -0.488 e. The second-order valence-electron chi connectivity index (χ2n) is 7.44. The number of thiol groups is 1. The highest BCUT2D eigenvalue weighted by molar-refractivity contribution is 7.79. The zero-order valence-electron chi connectivity index (χ0n) is 17.6. The summed E-state index contributed by atoms with van der Waals surface area (Å²) in [5.74, 6) is 0.762. The van der Waals surface area contributed by atoms with E-state index in [2.05, 4.69) is 34.0 Å². The average Bonchev–Trinajstić information content (AvgIpc) is 2.77. The molecule has 2 aromatic carbocycles. The van der Waals surface area contributed by atoms with Gasteiger partial charge in [0.25, 0.3) is 0 Å². The molecule has 31 heavy (non-hydrogen) atoms. The SMILES string of the molecule is CS.Cc1cc(N)cc2ncnc(Nc3ccc(F)cc3OC3CCC(C#N)CC3)c12. The molecule has 0 bridgehead atoms. The molecule has 3 N–H and O–H groups in total. The highest BCUT2D eigenvalue weighted by Crippen LogP contribution is 2.35. The first kappa shape index (κ1) is 22.6. The van der Waals surface area contributed by atoms with Crippen LogP contribution in [0.1, 0.15) is 31.2 Å². The van der Waals surface area contributed by atoms with Crippen LogP contribution in [0.15, 0.2) is 36.7 Å². The monoisotopic (exact) mass is 439 g/mol. The first-order chi connectivity index (χ1) is 15.0. The Morgan fingerprint density at radius 2 is 1.90 bits per heavy atom. The maximum Gasteiger partial charge on any atom is 0.146 e. The summed E-state index contributed by atoms with van der Waals surface area (Å²) >= 11 is 3.53. The van der Waals surface area contributed by atoms with Crippen molar-refractivity contribution in [3.8, 4) is 11.8 Å². The van der Waals surface area contributed by atoms with Crippen molar-refractivity contribution in [2.24, 2.45) is 5.92 Å². The van der Waals surface area contributed by atoms with Gasteiger partial charge in [-0.15, -0.1) is 0 Å². The smallest absolute Gasteiger partial charge is 0.146 e. The number of halogens is 1. The lowest BCUT2D eigenvalue weighted by Crippen LogP contribution is -2.24. The van der Waals surface area contributed by atoms with E-state index < -0.39 is 0 Å². The Hall–Kier alpha value is -3.05. The minimum atomic E-state index is -0.368. The van der Waals surface area contributed by atoms with Crippen LogP contribution in [0.2, 0.25) is 0 Å². The number of fused-ring (bicyclic) bond motifs is 1. The van der Waals surface area contributed by atoms with E-state index in [0.29, 0.717) is 22.9 Å². The van der Waals surface area contributed by atoms with Crippen molar-refractivity contribution >= 4 is 40.7 Å². The lowest BCUT2D eigenvalue weighted by molar-refractivity contribution is 0.143. The van der Waals surface area contributed by atoms with Gasteiger partial charge in [-0.25, -0.2) is 14.4 Å². The molecule has 1 aliphatic rings. The first-order valence-corrected chi connectivity index (χ1v) is 11.0. The molecule has 0 unspecified atom stereocenters. The van der Waals surface area contributed by atoms with E-state index in [-0.39, 0.29) is 17.8 Å². The van der Waals surface area contributed by atoms with Gasteiger partial charge >= 0.3 is 0 Å². The van der Waals surface area contributed by atoms with Crippen molar-refractivity contribution in [1.29, 1.82) is 5.26 Å². The van der Waals surface area contributed by atoms with E-state index in [9.17, 15) is 4.39 Å². The number of hydrogen-bond acceptors (Lipinski definition) is 7. The molecule has 8 heteroatoms. The third-order valence-corrected chi connectivity index (χ3v) is 5.30. The standard InChI is InChI=1S/C22H22FN5O.CH4S/c1-13-8-16(25)10-19-21(13)22(27-12-26-19)28-18-7-4-15(23)9-20(18)29-17-5-2-14(11-24)3-6-17;1-2/h4,7-10,12,14,17H,2-3,5-6,25H2,1H3,(H,26,27,28);2H,1H3. The molecule has 0 spiro atoms. The molecule has 1 aromatic heterocycles. The fourth-order valence-corrected chi connectivity index (χ4v) is 3.83. The second-order valence-corrected chi connectivity index (χ2v) is 7.44. The van der Waals surface area contributed by atoms with E-state index >= 15 is 0 Å². The van der Waals surface area contributed by atoms with Crippen molar-refractivity contribution in [3.05, 3.63) is 48.0 Å². The molecule has 0 saturated heterocycles. The lowest BCUT2D eigenvalue weighted by Gasteiger charge is -2.26. The summed E-state index contributed by atoms with van der Waals surface area (Å²) in [6, 6.07) is 10.4. The summed E-state index contributed by atoms with van der Waals surface area (Å²) in [6.45, 7) is 1.95. The third kappa shape index (κ3) is 5.36. The molecule has 6 nitrogen and oxygen atoms in total. The van der Waals surface area contributed by atoms with Crippen LogP contribution in [0.5, 0.6) is 5.75 Å². The average molecular weight is 440 g/mol. The number of nitrogens with one attached hydrogen (secondary N) is 1. The number of aryl methyl sites for hydroxylation is 1. The molecule has 0 amide bonds. The Morgan fingerprint density at radius 1 is 1.16 bits per heavy atom. The highest BCUT2D eigenvalue weighted by Gasteiger charge is 2.23. The normalized spacial score (nSPS) is 17.9. The number of benzene rings is 2. The highest BCUT2D eigenvalue weighted by atomic mass is 32.1. The van der Waals surface area contributed by atoms with Crippen molar-refractivity contribution in [2.75, 3.05) is 17.3 Å². The van der Waals surface area contributed by atoms with Gasteiger partial charge in [-0.1, -0.05) is 0 Å². The van der Waals surface area contributed by atoms with Crippen LogP contribution < -0.4 is 15.8 Å². The van der Waals surface area contributed by atoms with E-state index in [1.807, 2.05) is 13.0 Å². The van der Waals surface area contributed by atoms with Gasteiger partial charge in [0.15, 0.2) is 0 Å². The number of rotatable bonds is 4. The molecule has 1 aliphatic carbocycles. The van der Waals surface area contributed by atoms with Crippen molar-refractivity contribution < 1.29 is 9.13 Å². The summed E-state index contributed by atoms with van der Waals surface area (Å²) in [7, 11) is 0. The van der Waals surface area contributed by atoms with E-state index in [1.54, 1.807) is 18.4 Å². The van der Waals surface area contributed by atoms with Crippen LogP contribution in [-0.2, 0) is 0 Å². The molecule has 0 radical (unpaired) electrons. The van der Waals surface area contributed by atoms with E-state index in [1.165, 1.54) is 18.5 Å². The molecule has 4 rings (SSSR count). The molecule has 1 fully saturated rings. The summed E-state index contributed by atoms with van der Waals surface area (Å²) in [4.78, 5) is 8.68. The number of ether oxygens (including phenoxy) is 1. The molecule has 1 saturated carbocycles. The van der Waals surface area contributed by atoms with Gasteiger partial charge in [-0.2, -0.15) is 17.9 Å². The molecule has 162 valence electrons. The predicted molar refractivity (Wildman–Crippen MR) is 125 cm³/mol. The molecule has 0 atom stereocenters. The maximum absolute atomic E-state index is 13.9. The Kier molecular flexibility index (Phi) is 7.53. The second kappa shape index (κ2) is 10.3. The number of hydrogen-bond donors (Lipinski definition) is 3. The van der Waals surface area contributed by atoms with Crippen molar-refractivity contribution in [1.82, 2.24) is 9.97 Å². The minimum absolute atomic E-state index is 0.0365. The first-order valence-electron chi connectivity index (χ1n) is 10.1. The summed E-state index contributed by atoms with van der Waals surface area (Å²) in [6.07, 6.45) is 6.29. The van der Waals surface area contributed by atoms with Crippen LogP contribution in [0.4, 0.5) is 21.6 Å². The topological polar surface area (TPSA) is 96.8 Å². The van der Waals surface area contributed by atoms with Gasteiger partial charge in [0, 0.05) is 23.1 Å². The number of anilines is 3. The molecule has 0 aliphatic heterocycles. The zero-order valence-corrected chi connectivity index (χ0v) is 18.5. The van der Waals surface area contributed by atoms with Crippen LogP contribution in [-0.4, -0.2) is 22.3 Å². The van der Waals surface area contributed by atoms with E-state index in [0.717, 1.165) is 42.1 Å². The van der Waals surface area contributed by atoms with Crippen LogP contribution in [0.25, 0.3) is 10.9 Å². The predicted octanol–water partition coefficient (Wildman–Crippen LogP) is 5.41. The van der Waals surface area contributed by atoms with Crippen LogP contribution in [0, 0.1) is 30.0 Å². The number of nitriles is 1. The fraction of sp³-hybridized carbons (Fsp3) is 0.348. The number of aromatic nitrogens is 2. The van der Waals surface area contributed by atoms with Gasteiger partial charge in [0.2, 0.25) is 0 Å². The van der Waals surface area contributed by atoms with Crippen LogP contribution >= 0.6 is 12.6 Å². The fourth-order valence-electron chi connectivity index (χ4n) is 3.83. The lowest BCUT2D eigenvalue weighted by atomic mass is 9.88. The summed E-state index contributed by atoms with van der Waals surface area (Å²) in [5, 5.41) is 13.2. The molecule has 1 heterocycles. The Bertz CT molecular complexity index is 1090. The third-order valence-electron chi connectivity index (χ3n) is 5.30. The zero-order chi connectivity index (χ0) is 22.4. The number of nitrogens with two attached hydrogens (primary N) is 1. The molecular formula is C23H26FN5OS. The quantitative estimate of drug-likeness (QED) is 0.371. The van der Waals surface area contributed by atoms with Crippen molar-refractivity contribution in [3.63, 3.8) is 0 Å². The largest absolute Gasteiger partial charge is 0.488 e. The maximum atomic E-state index is 13.9. The molecule has 3 aromatic rings. The molecular weight excluding hydrogens is 413 g/mol. The van der Waals surface area contributed by atoms with Gasteiger partial charge in [0.1, 0.15) is 23.7 Å². The summed E-state index contributed by atoms with van der Waals surface area (Å²) < 4.78 is 20.0. The Balaban J connectivity index is 0.00000132. The van der Waals surface area contributed by atoms with Gasteiger partial charge in [-0.3, -0.25) is 0 Å². The van der Waals surface area contributed by atoms with E-state index in [4.69, 9.17) is 15.7 Å². The Morgan fingerprint density at radius 3 is 2.61 bits per heavy atom. The number of nitrogens with zero attached hydrogens (tertiary/aromatic N) is 3. The van der Waals surface area contributed by atoms with Crippen molar-refractivity contribution in [2.45, 2.75) is 38.7 Å². The van der Waals surface area contributed by atoms with Gasteiger partial charge in [0.05, 0.1) is 23.4 Å². The Labute approximate surface area is 187 Å². The van der Waals surface area contributed by atoms with Gasteiger partial charge < -0.3 is 15.8 Å². The number of nitrogen functional groups attached to an aromatic ring is 1. The summed E-state index contributed by atoms with van der Waals surface area (Å²) in [5.41, 5.74) is 8.88.